The maximum absolute atomic E-state index is 10.8. The van der Waals surface area contributed by atoms with E-state index in [2.05, 4.69) is 11.2 Å². The average Bonchev–Trinajstić information content (AvgIpc) is 2.81. The van der Waals surface area contributed by atoms with E-state index < -0.39 is 5.97 Å². The lowest BCUT2D eigenvalue weighted by molar-refractivity contribution is -0.137. The lowest BCUT2D eigenvalue weighted by Crippen LogP contribution is -2.12. The Balaban J connectivity index is 2.42. The van der Waals surface area contributed by atoms with Gasteiger partial charge in [-0.3, -0.25) is 9.48 Å². The molecule has 5 heteroatoms. The van der Waals surface area contributed by atoms with Crippen LogP contribution in [0.4, 0.5) is 0 Å². The van der Waals surface area contributed by atoms with Gasteiger partial charge >= 0.3 is 5.97 Å². The number of carbonyl (C=O) groups is 1. The summed E-state index contributed by atoms with van der Waals surface area (Å²) in [5.41, 5.74) is 2.93. The highest BCUT2D eigenvalue weighted by molar-refractivity contribution is 5.67. The van der Waals surface area contributed by atoms with Crippen LogP contribution < -0.4 is 0 Å². The predicted octanol–water partition coefficient (Wildman–Crippen LogP) is 2.07. The SMILES string of the molecule is CCc1cc(-c2cccc(C#N)c2)nn1CC(=O)O. The van der Waals surface area contributed by atoms with Gasteiger partial charge in [-0.1, -0.05) is 19.1 Å². The monoisotopic (exact) mass is 255 g/mol. The summed E-state index contributed by atoms with van der Waals surface area (Å²) in [6, 6.07) is 11.0. The first-order valence-corrected chi connectivity index (χ1v) is 5.93. The van der Waals surface area contributed by atoms with Gasteiger partial charge in [0.05, 0.1) is 17.3 Å². The van der Waals surface area contributed by atoms with Crippen molar-refractivity contribution in [2.75, 3.05) is 0 Å². The van der Waals surface area contributed by atoms with E-state index in [0.29, 0.717) is 17.7 Å². The van der Waals surface area contributed by atoms with Crippen LogP contribution in [0.25, 0.3) is 11.3 Å². The molecule has 1 aromatic heterocycles. The largest absolute Gasteiger partial charge is 0.480 e. The number of hydrogen-bond donors (Lipinski definition) is 1. The van der Waals surface area contributed by atoms with E-state index >= 15 is 0 Å². The summed E-state index contributed by atoms with van der Waals surface area (Å²) in [4.78, 5) is 10.8. The molecule has 5 nitrogen and oxygen atoms in total. The Labute approximate surface area is 110 Å². The molecule has 0 unspecified atom stereocenters. The maximum atomic E-state index is 10.8. The second-order valence-electron chi connectivity index (χ2n) is 4.12. The number of carboxylic acid groups (broad SMARTS) is 1. The fourth-order valence-corrected chi connectivity index (χ4v) is 1.89. The van der Waals surface area contributed by atoms with Gasteiger partial charge in [-0.05, 0) is 24.6 Å². The van der Waals surface area contributed by atoms with Crippen LogP contribution in [-0.4, -0.2) is 20.9 Å². The van der Waals surface area contributed by atoms with Crippen LogP contribution in [0.1, 0.15) is 18.2 Å². The Hall–Kier alpha value is -2.61. The molecule has 96 valence electrons. The van der Waals surface area contributed by atoms with Gasteiger partial charge in [-0.15, -0.1) is 0 Å². The molecule has 0 saturated carbocycles. The number of aromatic nitrogens is 2. The summed E-state index contributed by atoms with van der Waals surface area (Å²) < 4.78 is 1.48. The second kappa shape index (κ2) is 5.36. The van der Waals surface area contributed by atoms with Crippen molar-refractivity contribution in [2.24, 2.45) is 0 Å². The average molecular weight is 255 g/mol. The number of nitrogens with zero attached hydrogens (tertiary/aromatic N) is 3. The molecular weight excluding hydrogens is 242 g/mol. The number of aliphatic carboxylic acids is 1. The van der Waals surface area contributed by atoms with E-state index in [1.807, 2.05) is 19.1 Å². The molecule has 2 rings (SSSR count). The van der Waals surface area contributed by atoms with Crippen LogP contribution in [0, 0.1) is 11.3 Å². The Morgan fingerprint density at radius 1 is 1.47 bits per heavy atom. The van der Waals surface area contributed by atoms with Crippen molar-refractivity contribution in [3.8, 4) is 17.3 Å². The van der Waals surface area contributed by atoms with Gasteiger partial charge in [-0.2, -0.15) is 10.4 Å². The summed E-state index contributed by atoms with van der Waals surface area (Å²) in [5.74, 6) is -0.921. The molecule has 0 aliphatic heterocycles. The van der Waals surface area contributed by atoms with Crippen LogP contribution >= 0.6 is 0 Å². The van der Waals surface area contributed by atoms with Crippen LogP contribution in [0.3, 0.4) is 0 Å². The molecule has 1 heterocycles. The summed E-state index contributed by atoms with van der Waals surface area (Å²) in [6.07, 6.45) is 0.707. The summed E-state index contributed by atoms with van der Waals surface area (Å²) in [6.45, 7) is 1.80. The van der Waals surface area contributed by atoms with Crippen molar-refractivity contribution in [1.29, 1.82) is 5.26 Å². The van der Waals surface area contributed by atoms with Gasteiger partial charge < -0.3 is 5.11 Å². The quantitative estimate of drug-likeness (QED) is 0.907. The zero-order chi connectivity index (χ0) is 13.8. The molecule has 1 N–H and O–H groups in total. The minimum Gasteiger partial charge on any atom is -0.480 e. The minimum atomic E-state index is -0.921. The predicted molar refractivity (Wildman–Crippen MR) is 69.4 cm³/mol. The molecule has 2 aromatic rings. The lowest BCUT2D eigenvalue weighted by Gasteiger charge is -2.00. The Morgan fingerprint density at radius 2 is 2.26 bits per heavy atom. The summed E-state index contributed by atoms with van der Waals surface area (Å²) in [7, 11) is 0. The van der Waals surface area contributed by atoms with E-state index in [9.17, 15) is 4.79 Å². The Morgan fingerprint density at radius 3 is 2.89 bits per heavy atom. The molecule has 0 spiro atoms. The molecule has 1 aromatic carbocycles. The van der Waals surface area contributed by atoms with Gasteiger partial charge in [0, 0.05) is 11.3 Å². The molecule has 0 aliphatic carbocycles. The first-order chi connectivity index (χ1) is 9.13. The standard InChI is InChI=1S/C14H13N3O2/c1-2-12-7-13(16-17(12)9-14(18)19)11-5-3-4-10(6-11)8-15/h3-7H,2,9H2,1H3,(H,18,19). The summed E-state index contributed by atoms with van der Waals surface area (Å²) in [5, 5.41) is 22.0. The minimum absolute atomic E-state index is 0.152. The molecule has 0 fully saturated rings. The number of benzene rings is 1. The van der Waals surface area contributed by atoms with Crippen molar-refractivity contribution >= 4 is 5.97 Å². The fourth-order valence-electron chi connectivity index (χ4n) is 1.89. The lowest BCUT2D eigenvalue weighted by atomic mass is 10.1. The van der Waals surface area contributed by atoms with Crippen molar-refractivity contribution in [2.45, 2.75) is 19.9 Å². The number of rotatable bonds is 4. The van der Waals surface area contributed by atoms with Crippen molar-refractivity contribution in [3.63, 3.8) is 0 Å². The highest BCUT2D eigenvalue weighted by Crippen LogP contribution is 2.20. The molecule has 0 aliphatic rings. The smallest absolute Gasteiger partial charge is 0.325 e. The maximum Gasteiger partial charge on any atom is 0.325 e. The third-order valence-electron chi connectivity index (χ3n) is 2.80. The first kappa shape index (κ1) is 12.8. The molecule has 0 radical (unpaired) electrons. The zero-order valence-electron chi connectivity index (χ0n) is 10.5. The molecule has 0 amide bonds. The van der Waals surface area contributed by atoms with E-state index in [1.54, 1.807) is 18.2 Å². The van der Waals surface area contributed by atoms with E-state index in [4.69, 9.17) is 10.4 Å². The van der Waals surface area contributed by atoms with E-state index in [0.717, 1.165) is 11.3 Å². The third kappa shape index (κ3) is 2.80. The summed E-state index contributed by atoms with van der Waals surface area (Å²) >= 11 is 0. The van der Waals surface area contributed by atoms with Crippen LogP contribution in [0.5, 0.6) is 0 Å². The van der Waals surface area contributed by atoms with Gasteiger partial charge in [-0.25, -0.2) is 0 Å². The second-order valence-corrected chi connectivity index (χ2v) is 4.12. The highest BCUT2D eigenvalue weighted by atomic mass is 16.4. The first-order valence-electron chi connectivity index (χ1n) is 5.93. The molecule has 0 saturated heterocycles. The van der Waals surface area contributed by atoms with Gasteiger partial charge in [0.1, 0.15) is 6.54 Å². The van der Waals surface area contributed by atoms with Crippen molar-refractivity contribution in [3.05, 3.63) is 41.6 Å². The molecule has 19 heavy (non-hydrogen) atoms. The van der Waals surface area contributed by atoms with E-state index in [1.165, 1.54) is 4.68 Å². The van der Waals surface area contributed by atoms with Crippen LogP contribution in [0.15, 0.2) is 30.3 Å². The number of nitriles is 1. The number of aryl methyl sites for hydroxylation is 1. The van der Waals surface area contributed by atoms with E-state index in [-0.39, 0.29) is 6.54 Å². The zero-order valence-corrected chi connectivity index (χ0v) is 10.5. The van der Waals surface area contributed by atoms with Gasteiger partial charge in [0.25, 0.3) is 0 Å². The number of hydrogen-bond acceptors (Lipinski definition) is 3. The van der Waals surface area contributed by atoms with Crippen molar-refractivity contribution in [1.82, 2.24) is 9.78 Å². The highest BCUT2D eigenvalue weighted by Gasteiger charge is 2.11. The Kier molecular flexibility index (Phi) is 3.62. The van der Waals surface area contributed by atoms with Crippen LogP contribution in [0.2, 0.25) is 0 Å². The van der Waals surface area contributed by atoms with Gasteiger partial charge in [0.2, 0.25) is 0 Å². The fraction of sp³-hybridized carbons (Fsp3) is 0.214. The normalized spacial score (nSPS) is 10.1. The molecule has 0 atom stereocenters. The topological polar surface area (TPSA) is 78.9 Å². The molecular formula is C14H13N3O2. The number of carboxylic acids is 1. The van der Waals surface area contributed by atoms with Crippen LogP contribution in [-0.2, 0) is 17.8 Å². The van der Waals surface area contributed by atoms with Gasteiger partial charge in [0.15, 0.2) is 0 Å². The Bertz CT molecular complexity index is 653. The third-order valence-corrected chi connectivity index (χ3v) is 2.80. The molecule has 0 bridgehead atoms. The van der Waals surface area contributed by atoms with Crippen molar-refractivity contribution < 1.29 is 9.90 Å².